The SMILES string of the molecule is C#CCOc1ccc(C=C2C(=O)N(c3ccc(C(=O)OC(C)C)cc3)N=C2C)cc1OCC. The molecule has 0 saturated carbocycles. The average molecular weight is 447 g/mol. The quantitative estimate of drug-likeness (QED) is 0.340. The Labute approximate surface area is 193 Å². The van der Waals surface area contributed by atoms with Crippen LogP contribution in [0.4, 0.5) is 5.69 Å². The lowest BCUT2D eigenvalue weighted by molar-refractivity contribution is -0.114. The number of benzene rings is 2. The number of rotatable bonds is 8. The second-order valence-corrected chi connectivity index (χ2v) is 7.49. The number of terminal acetylenes is 1. The van der Waals surface area contributed by atoms with Gasteiger partial charge in [-0.1, -0.05) is 12.0 Å². The van der Waals surface area contributed by atoms with Gasteiger partial charge in [-0.2, -0.15) is 10.1 Å². The Morgan fingerprint density at radius 2 is 1.88 bits per heavy atom. The molecule has 0 aromatic heterocycles. The molecule has 0 atom stereocenters. The van der Waals surface area contributed by atoms with Crippen molar-refractivity contribution in [2.75, 3.05) is 18.2 Å². The van der Waals surface area contributed by atoms with Crippen LogP contribution in [0.1, 0.15) is 43.6 Å². The van der Waals surface area contributed by atoms with Crippen LogP contribution in [0, 0.1) is 12.3 Å². The van der Waals surface area contributed by atoms with Crippen LogP contribution < -0.4 is 14.5 Å². The molecule has 0 aliphatic carbocycles. The molecular formula is C26H26N2O5. The molecule has 7 heteroatoms. The number of hydrazone groups is 1. The van der Waals surface area contributed by atoms with Gasteiger partial charge in [0.15, 0.2) is 11.5 Å². The van der Waals surface area contributed by atoms with Gasteiger partial charge in [0.1, 0.15) is 6.61 Å². The van der Waals surface area contributed by atoms with Gasteiger partial charge in [-0.25, -0.2) is 4.79 Å². The first-order valence-electron chi connectivity index (χ1n) is 10.6. The number of anilines is 1. The van der Waals surface area contributed by atoms with Crippen molar-refractivity contribution in [2.45, 2.75) is 33.8 Å². The first-order valence-corrected chi connectivity index (χ1v) is 10.6. The first-order chi connectivity index (χ1) is 15.8. The van der Waals surface area contributed by atoms with Gasteiger partial charge in [0.25, 0.3) is 5.91 Å². The molecule has 0 N–H and O–H groups in total. The van der Waals surface area contributed by atoms with Gasteiger partial charge < -0.3 is 14.2 Å². The molecule has 2 aromatic rings. The van der Waals surface area contributed by atoms with Crippen molar-refractivity contribution < 1.29 is 23.8 Å². The largest absolute Gasteiger partial charge is 0.490 e. The summed E-state index contributed by atoms with van der Waals surface area (Å²) in [5.74, 6) is 2.83. The third-order valence-electron chi connectivity index (χ3n) is 4.64. The van der Waals surface area contributed by atoms with Crippen molar-refractivity contribution in [3.8, 4) is 23.8 Å². The molecule has 0 saturated heterocycles. The maximum absolute atomic E-state index is 13.1. The van der Waals surface area contributed by atoms with Crippen LogP contribution in [0.3, 0.4) is 0 Å². The minimum absolute atomic E-state index is 0.133. The molecular weight excluding hydrogens is 420 g/mol. The summed E-state index contributed by atoms with van der Waals surface area (Å²) >= 11 is 0. The molecule has 33 heavy (non-hydrogen) atoms. The van der Waals surface area contributed by atoms with Gasteiger partial charge in [0.2, 0.25) is 0 Å². The molecule has 1 amide bonds. The van der Waals surface area contributed by atoms with Crippen molar-refractivity contribution in [1.29, 1.82) is 0 Å². The summed E-state index contributed by atoms with van der Waals surface area (Å²) in [7, 11) is 0. The Morgan fingerprint density at radius 3 is 2.52 bits per heavy atom. The number of hydrogen-bond donors (Lipinski definition) is 0. The number of carbonyl (C=O) groups excluding carboxylic acids is 2. The molecule has 1 aliphatic heterocycles. The van der Waals surface area contributed by atoms with E-state index in [9.17, 15) is 9.59 Å². The summed E-state index contributed by atoms with van der Waals surface area (Å²) in [4.78, 5) is 25.1. The Morgan fingerprint density at radius 1 is 1.15 bits per heavy atom. The van der Waals surface area contributed by atoms with E-state index in [0.717, 1.165) is 5.56 Å². The molecule has 1 heterocycles. The van der Waals surface area contributed by atoms with Gasteiger partial charge in [-0.15, -0.1) is 6.42 Å². The fourth-order valence-electron chi connectivity index (χ4n) is 3.17. The number of ether oxygens (including phenoxy) is 3. The lowest BCUT2D eigenvalue weighted by Gasteiger charge is -2.13. The molecule has 170 valence electrons. The summed E-state index contributed by atoms with van der Waals surface area (Å²) < 4.78 is 16.4. The van der Waals surface area contributed by atoms with Crippen LogP contribution in [0.2, 0.25) is 0 Å². The number of hydrogen-bond acceptors (Lipinski definition) is 6. The standard InChI is InChI=1S/C26H26N2O5/c1-6-14-32-23-13-8-19(16-24(23)31-7-2)15-22-18(5)27-28(25(22)29)21-11-9-20(10-12-21)26(30)33-17(3)4/h1,8-13,15-17H,7,14H2,2-5H3. The number of nitrogens with zero attached hydrogens (tertiary/aromatic N) is 2. The minimum Gasteiger partial charge on any atom is -0.490 e. The maximum atomic E-state index is 13.1. The molecule has 3 rings (SSSR count). The van der Waals surface area contributed by atoms with Crippen molar-refractivity contribution >= 4 is 29.4 Å². The zero-order valence-electron chi connectivity index (χ0n) is 19.1. The van der Waals surface area contributed by atoms with Gasteiger partial charge in [-0.05, 0) is 75.7 Å². The fraction of sp³-hybridized carbons (Fsp3) is 0.269. The van der Waals surface area contributed by atoms with Crippen molar-refractivity contribution in [2.24, 2.45) is 5.10 Å². The second kappa shape index (κ2) is 10.5. The van der Waals surface area contributed by atoms with Gasteiger partial charge in [-0.3, -0.25) is 4.79 Å². The second-order valence-electron chi connectivity index (χ2n) is 7.49. The van der Waals surface area contributed by atoms with Crippen LogP contribution in [0.25, 0.3) is 6.08 Å². The summed E-state index contributed by atoms with van der Waals surface area (Å²) in [6.45, 7) is 7.81. The van der Waals surface area contributed by atoms with Gasteiger partial charge >= 0.3 is 5.97 Å². The van der Waals surface area contributed by atoms with E-state index in [1.54, 1.807) is 63.2 Å². The number of esters is 1. The normalized spacial score (nSPS) is 14.3. The third kappa shape index (κ3) is 5.60. The molecule has 0 bridgehead atoms. The highest BCUT2D eigenvalue weighted by Gasteiger charge is 2.29. The summed E-state index contributed by atoms with van der Waals surface area (Å²) in [5.41, 5.74) is 2.76. The van der Waals surface area contributed by atoms with Crippen molar-refractivity contribution in [3.05, 3.63) is 59.2 Å². The molecule has 2 aromatic carbocycles. The van der Waals surface area contributed by atoms with Crippen LogP contribution in [0.15, 0.2) is 53.1 Å². The van der Waals surface area contributed by atoms with E-state index < -0.39 is 5.97 Å². The van der Waals surface area contributed by atoms with Crippen molar-refractivity contribution in [3.63, 3.8) is 0 Å². The van der Waals surface area contributed by atoms with Crippen LogP contribution in [0.5, 0.6) is 11.5 Å². The molecule has 0 unspecified atom stereocenters. The Kier molecular flexibility index (Phi) is 7.52. The number of amides is 1. The highest BCUT2D eigenvalue weighted by Crippen LogP contribution is 2.31. The predicted molar refractivity (Wildman–Crippen MR) is 128 cm³/mol. The monoisotopic (exact) mass is 446 g/mol. The summed E-state index contributed by atoms with van der Waals surface area (Å²) in [6.07, 6.45) is 6.81. The lowest BCUT2D eigenvalue weighted by Crippen LogP contribution is -2.21. The fourth-order valence-corrected chi connectivity index (χ4v) is 3.17. The molecule has 7 nitrogen and oxygen atoms in total. The predicted octanol–water partition coefficient (Wildman–Crippen LogP) is 4.47. The zero-order chi connectivity index (χ0) is 24.0. The van der Waals surface area contributed by atoms with E-state index >= 15 is 0 Å². The summed E-state index contributed by atoms with van der Waals surface area (Å²) in [5, 5.41) is 5.71. The molecule has 0 fully saturated rings. The van der Waals surface area contributed by atoms with E-state index in [0.29, 0.717) is 40.6 Å². The molecule has 0 radical (unpaired) electrons. The van der Waals surface area contributed by atoms with E-state index in [1.165, 1.54) is 5.01 Å². The Hall–Kier alpha value is -4.05. The molecule has 1 aliphatic rings. The Bertz CT molecular complexity index is 1140. The van der Waals surface area contributed by atoms with E-state index in [4.69, 9.17) is 20.6 Å². The van der Waals surface area contributed by atoms with E-state index in [2.05, 4.69) is 11.0 Å². The van der Waals surface area contributed by atoms with Crippen LogP contribution in [-0.2, 0) is 9.53 Å². The topological polar surface area (TPSA) is 77.4 Å². The molecule has 0 spiro atoms. The van der Waals surface area contributed by atoms with Gasteiger partial charge in [0.05, 0.1) is 35.2 Å². The Balaban J connectivity index is 1.82. The van der Waals surface area contributed by atoms with Crippen LogP contribution >= 0.6 is 0 Å². The maximum Gasteiger partial charge on any atom is 0.338 e. The highest BCUT2D eigenvalue weighted by atomic mass is 16.5. The van der Waals surface area contributed by atoms with Gasteiger partial charge in [0, 0.05) is 0 Å². The highest BCUT2D eigenvalue weighted by molar-refractivity contribution is 6.32. The lowest BCUT2D eigenvalue weighted by atomic mass is 10.1. The zero-order valence-corrected chi connectivity index (χ0v) is 19.1. The average Bonchev–Trinajstić information content (AvgIpc) is 3.06. The summed E-state index contributed by atoms with van der Waals surface area (Å²) in [6, 6.07) is 11.9. The number of carbonyl (C=O) groups is 2. The van der Waals surface area contributed by atoms with Crippen LogP contribution in [-0.4, -0.2) is 36.9 Å². The van der Waals surface area contributed by atoms with E-state index in [1.807, 2.05) is 13.0 Å². The third-order valence-corrected chi connectivity index (χ3v) is 4.64. The smallest absolute Gasteiger partial charge is 0.338 e. The van der Waals surface area contributed by atoms with E-state index in [-0.39, 0.29) is 18.6 Å². The first kappa shape index (κ1) is 23.6. The minimum atomic E-state index is -0.413. The van der Waals surface area contributed by atoms with Crippen molar-refractivity contribution in [1.82, 2.24) is 0 Å².